The van der Waals surface area contributed by atoms with Gasteiger partial charge in [0, 0.05) is 12.2 Å². The van der Waals surface area contributed by atoms with E-state index in [-0.39, 0.29) is 5.56 Å². The van der Waals surface area contributed by atoms with Crippen LogP contribution in [-0.2, 0) is 0 Å². The van der Waals surface area contributed by atoms with Gasteiger partial charge in [-0.05, 0) is 18.2 Å². The molecule has 92 valence electrons. The number of imide groups is 1. The number of amides is 4. The van der Waals surface area contributed by atoms with Gasteiger partial charge in [0.05, 0.1) is 11.1 Å². The first-order valence-corrected chi connectivity index (χ1v) is 5.27. The van der Waals surface area contributed by atoms with Crippen molar-refractivity contribution in [3.8, 4) is 0 Å². The van der Waals surface area contributed by atoms with Crippen molar-refractivity contribution in [2.45, 2.75) is 0 Å². The van der Waals surface area contributed by atoms with Crippen LogP contribution in [0.2, 0.25) is 0 Å². The first kappa shape index (κ1) is 11.8. The minimum atomic E-state index is -0.454. The van der Waals surface area contributed by atoms with Gasteiger partial charge in [-0.1, -0.05) is 6.08 Å². The Bertz CT molecular complexity index is 551. The van der Waals surface area contributed by atoms with Crippen LogP contribution in [0.25, 0.3) is 0 Å². The van der Waals surface area contributed by atoms with Crippen molar-refractivity contribution in [3.63, 3.8) is 0 Å². The van der Waals surface area contributed by atoms with Gasteiger partial charge in [-0.15, -0.1) is 6.58 Å². The molecule has 0 saturated carbocycles. The molecule has 0 unspecified atom stereocenters. The van der Waals surface area contributed by atoms with E-state index in [9.17, 15) is 14.4 Å². The molecule has 4 amide bonds. The topological polar surface area (TPSA) is 87.3 Å². The van der Waals surface area contributed by atoms with Crippen LogP contribution < -0.4 is 16.0 Å². The van der Waals surface area contributed by atoms with Crippen LogP contribution in [0.1, 0.15) is 20.7 Å². The number of benzene rings is 1. The largest absolute Gasteiger partial charge is 0.334 e. The summed E-state index contributed by atoms with van der Waals surface area (Å²) in [5, 5.41) is 7.26. The molecule has 0 atom stereocenters. The maximum Gasteiger partial charge on any atom is 0.319 e. The first-order chi connectivity index (χ1) is 8.61. The molecule has 0 aliphatic carbocycles. The van der Waals surface area contributed by atoms with Gasteiger partial charge in [-0.2, -0.15) is 0 Å². The number of hydrogen-bond acceptors (Lipinski definition) is 3. The van der Waals surface area contributed by atoms with Gasteiger partial charge in [0.1, 0.15) is 0 Å². The molecule has 0 radical (unpaired) electrons. The summed E-state index contributed by atoms with van der Waals surface area (Å²) in [6.07, 6.45) is 1.55. The SMILES string of the molecule is C=CCNC(=O)Nc1ccc2c(c1)C(=O)NC2=O. The molecule has 1 aromatic rings. The van der Waals surface area contributed by atoms with Gasteiger partial charge in [0.25, 0.3) is 11.8 Å². The van der Waals surface area contributed by atoms with E-state index in [1.165, 1.54) is 12.1 Å². The highest BCUT2D eigenvalue weighted by atomic mass is 16.2. The van der Waals surface area contributed by atoms with E-state index >= 15 is 0 Å². The quantitative estimate of drug-likeness (QED) is 0.545. The molecular formula is C12H11N3O3. The van der Waals surface area contributed by atoms with Gasteiger partial charge in [-0.25, -0.2) is 4.79 Å². The second-order valence-electron chi connectivity index (χ2n) is 3.67. The molecule has 3 N–H and O–H groups in total. The molecule has 0 bridgehead atoms. The molecule has 1 aliphatic rings. The predicted octanol–water partition coefficient (Wildman–Crippen LogP) is 0.878. The second kappa shape index (κ2) is 4.70. The number of urea groups is 1. The molecule has 2 rings (SSSR count). The Morgan fingerprint density at radius 3 is 2.72 bits per heavy atom. The summed E-state index contributed by atoms with van der Waals surface area (Å²) in [5.74, 6) is -0.872. The molecule has 18 heavy (non-hydrogen) atoms. The van der Waals surface area contributed by atoms with Crippen LogP contribution in [0.3, 0.4) is 0 Å². The monoisotopic (exact) mass is 245 g/mol. The van der Waals surface area contributed by atoms with Crippen molar-refractivity contribution >= 4 is 23.5 Å². The number of carbonyl (C=O) groups excluding carboxylic acids is 3. The Morgan fingerprint density at radius 1 is 1.28 bits per heavy atom. The van der Waals surface area contributed by atoms with Gasteiger partial charge >= 0.3 is 6.03 Å². The van der Waals surface area contributed by atoms with Crippen molar-refractivity contribution in [2.75, 3.05) is 11.9 Å². The average Bonchev–Trinajstić information content (AvgIpc) is 2.62. The average molecular weight is 245 g/mol. The van der Waals surface area contributed by atoms with Crippen LogP contribution in [0.4, 0.5) is 10.5 Å². The highest BCUT2D eigenvalue weighted by Gasteiger charge is 2.26. The maximum atomic E-state index is 11.4. The fourth-order valence-corrected chi connectivity index (χ4v) is 1.59. The number of hydrogen-bond donors (Lipinski definition) is 3. The van der Waals surface area contributed by atoms with Crippen molar-refractivity contribution in [2.24, 2.45) is 0 Å². The molecular weight excluding hydrogens is 234 g/mol. The molecule has 1 heterocycles. The van der Waals surface area contributed by atoms with Gasteiger partial charge in [-0.3, -0.25) is 14.9 Å². The molecule has 0 saturated heterocycles. The smallest absolute Gasteiger partial charge is 0.319 e. The van der Waals surface area contributed by atoms with E-state index in [1.807, 2.05) is 0 Å². The zero-order valence-corrected chi connectivity index (χ0v) is 9.45. The fourth-order valence-electron chi connectivity index (χ4n) is 1.59. The highest BCUT2D eigenvalue weighted by molar-refractivity contribution is 6.21. The lowest BCUT2D eigenvalue weighted by Crippen LogP contribution is -2.28. The summed E-state index contributed by atoms with van der Waals surface area (Å²) in [5.41, 5.74) is 1.03. The number of carbonyl (C=O) groups is 3. The molecule has 0 spiro atoms. The number of anilines is 1. The number of fused-ring (bicyclic) bond motifs is 1. The van der Waals surface area contributed by atoms with Crippen molar-refractivity contribution in [1.82, 2.24) is 10.6 Å². The second-order valence-corrected chi connectivity index (χ2v) is 3.67. The van der Waals surface area contributed by atoms with E-state index in [0.29, 0.717) is 17.8 Å². The third kappa shape index (κ3) is 2.22. The van der Waals surface area contributed by atoms with E-state index in [4.69, 9.17) is 0 Å². The Balaban J connectivity index is 2.15. The van der Waals surface area contributed by atoms with Crippen LogP contribution in [0.15, 0.2) is 30.9 Å². The zero-order valence-electron chi connectivity index (χ0n) is 9.45. The number of rotatable bonds is 3. The van der Waals surface area contributed by atoms with Gasteiger partial charge in [0.2, 0.25) is 0 Å². The van der Waals surface area contributed by atoms with Crippen molar-refractivity contribution < 1.29 is 14.4 Å². The summed E-state index contributed by atoms with van der Waals surface area (Å²) in [6, 6.07) is 4.12. The lowest BCUT2D eigenvalue weighted by Gasteiger charge is -2.06. The highest BCUT2D eigenvalue weighted by Crippen LogP contribution is 2.20. The van der Waals surface area contributed by atoms with Crippen molar-refractivity contribution in [1.29, 1.82) is 0 Å². The Hall–Kier alpha value is -2.63. The molecule has 1 aliphatic heterocycles. The Morgan fingerprint density at radius 2 is 2.00 bits per heavy atom. The molecule has 0 aromatic heterocycles. The molecule has 6 heteroatoms. The van der Waals surface area contributed by atoms with Crippen molar-refractivity contribution in [3.05, 3.63) is 42.0 Å². The van der Waals surface area contributed by atoms with E-state index in [0.717, 1.165) is 0 Å². The summed E-state index contributed by atoms with van der Waals surface area (Å²) >= 11 is 0. The van der Waals surface area contributed by atoms with E-state index < -0.39 is 17.8 Å². The summed E-state index contributed by atoms with van der Waals surface area (Å²) in [7, 11) is 0. The van der Waals surface area contributed by atoms with Crippen LogP contribution in [-0.4, -0.2) is 24.4 Å². The predicted molar refractivity (Wildman–Crippen MR) is 65.5 cm³/mol. The standard InChI is InChI=1S/C12H11N3O3/c1-2-5-13-12(18)14-7-3-4-8-9(6-7)11(17)15-10(8)16/h2-4,6H,1,5H2,(H2,13,14,18)(H,15,16,17). The van der Waals surface area contributed by atoms with E-state index in [2.05, 4.69) is 22.5 Å². The molecule has 6 nitrogen and oxygen atoms in total. The van der Waals surface area contributed by atoms with Crippen LogP contribution >= 0.6 is 0 Å². The lowest BCUT2D eigenvalue weighted by atomic mass is 10.1. The van der Waals surface area contributed by atoms with Gasteiger partial charge < -0.3 is 10.6 Å². The summed E-state index contributed by atoms with van der Waals surface area (Å²) in [4.78, 5) is 34.1. The van der Waals surface area contributed by atoms with Crippen LogP contribution in [0.5, 0.6) is 0 Å². The Labute approximate surface area is 103 Å². The lowest BCUT2D eigenvalue weighted by molar-refractivity contribution is 0.0879. The minimum Gasteiger partial charge on any atom is -0.334 e. The summed E-state index contributed by atoms with van der Waals surface area (Å²) in [6.45, 7) is 3.82. The number of nitrogens with one attached hydrogen (secondary N) is 3. The third-order valence-corrected chi connectivity index (χ3v) is 2.40. The third-order valence-electron chi connectivity index (χ3n) is 2.40. The van der Waals surface area contributed by atoms with Crippen LogP contribution in [0, 0.1) is 0 Å². The first-order valence-electron chi connectivity index (χ1n) is 5.27. The van der Waals surface area contributed by atoms with Gasteiger partial charge in [0.15, 0.2) is 0 Å². The molecule has 1 aromatic carbocycles. The zero-order chi connectivity index (χ0) is 13.1. The summed E-state index contributed by atoms with van der Waals surface area (Å²) < 4.78 is 0. The normalized spacial score (nSPS) is 12.7. The maximum absolute atomic E-state index is 11.4. The van der Waals surface area contributed by atoms with E-state index in [1.54, 1.807) is 12.1 Å². The molecule has 0 fully saturated rings. The minimum absolute atomic E-state index is 0.265. The Kier molecular flexibility index (Phi) is 3.09. The fraction of sp³-hybridized carbons (Fsp3) is 0.0833.